The summed E-state index contributed by atoms with van der Waals surface area (Å²) in [5, 5.41) is 3.77. The molecule has 0 saturated heterocycles. The number of aryl methyl sites for hydroxylation is 3. The van der Waals surface area contributed by atoms with E-state index in [2.05, 4.69) is 10.3 Å². The molecule has 17 heavy (non-hydrogen) atoms. The SMILES string of the molecule is Cc1ncc(C(=O)Nc2ccc(C)c(C)c2)s1. The van der Waals surface area contributed by atoms with Gasteiger partial charge in [0.05, 0.1) is 11.2 Å². The van der Waals surface area contributed by atoms with Crippen LogP contribution in [0.4, 0.5) is 5.69 Å². The van der Waals surface area contributed by atoms with Crippen LogP contribution in [0.25, 0.3) is 0 Å². The van der Waals surface area contributed by atoms with Gasteiger partial charge in [-0.3, -0.25) is 4.79 Å². The summed E-state index contributed by atoms with van der Waals surface area (Å²) in [5.74, 6) is -0.0983. The number of anilines is 1. The van der Waals surface area contributed by atoms with E-state index in [1.165, 1.54) is 22.5 Å². The van der Waals surface area contributed by atoms with E-state index in [0.717, 1.165) is 10.7 Å². The van der Waals surface area contributed by atoms with E-state index in [9.17, 15) is 4.79 Å². The van der Waals surface area contributed by atoms with Crippen molar-refractivity contribution in [2.75, 3.05) is 5.32 Å². The molecule has 1 amide bonds. The van der Waals surface area contributed by atoms with Crippen molar-refractivity contribution in [2.45, 2.75) is 20.8 Å². The highest BCUT2D eigenvalue weighted by Crippen LogP contribution is 2.17. The summed E-state index contributed by atoms with van der Waals surface area (Å²) in [6.45, 7) is 5.97. The average Bonchev–Trinajstić information content (AvgIpc) is 2.70. The lowest BCUT2D eigenvalue weighted by atomic mass is 10.1. The van der Waals surface area contributed by atoms with E-state index in [1.807, 2.05) is 39.0 Å². The molecule has 0 fully saturated rings. The summed E-state index contributed by atoms with van der Waals surface area (Å²) in [6, 6.07) is 5.89. The van der Waals surface area contributed by atoms with Crippen molar-refractivity contribution in [1.29, 1.82) is 0 Å². The number of nitrogens with one attached hydrogen (secondary N) is 1. The lowest BCUT2D eigenvalue weighted by Crippen LogP contribution is -2.10. The van der Waals surface area contributed by atoms with Crippen LogP contribution in [-0.2, 0) is 0 Å². The van der Waals surface area contributed by atoms with E-state index in [-0.39, 0.29) is 5.91 Å². The highest BCUT2D eigenvalue weighted by molar-refractivity contribution is 7.13. The van der Waals surface area contributed by atoms with E-state index in [4.69, 9.17) is 0 Å². The number of hydrogen-bond donors (Lipinski definition) is 1. The summed E-state index contributed by atoms with van der Waals surface area (Å²) in [6.07, 6.45) is 1.61. The standard InChI is InChI=1S/C13H14N2OS/c1-8-4-5-11(6-9(8)2)15-13(16)12-7-14-10(3)17-12/h4-7H,1-3H3,(H,15,16). The maximum atomic E-state index is 11.9. The van der Waals surface area contributed by atoms with Gasteiger partial charge in [-0.2, -0.15) is 0 Å². The number of carbonyl (C=O) groups is 1. The first-order chi connectivity index (χ1) is 8.06. The Morgan fingerprint density at radius 3 is 2.59 bits per heavy atom. The molecule has 88 valence electrons. The summed E-state index contributed by atoms with van der Waals surface area (Å²) in [4.78, 5) is 16.6. The Hall–Kier alpha value is -1.68. The second-order valence-electron chi connectivity index (χ2n) is 4.00. The van der Waals surface area contributed by atoms with Gasteiger partial charge in [0.15, 0.2) is 0 Å². The quantitative estimate of drug-likeness (QED) is 0.883. The van der Waals surface area contributed by atoms with E-state index in [0.29, 0.717) is 4.88 Å². The zero-order valence-electron chi connectivity index (χ0n) is 10.1. The van der Waals surface area contributed by atoms with Crippen LogP contribution in [-0.4, -0.2) is 10.9 Å². The molecule has 4 heteroatoms. The Morgan fingerprint density at radius 2 is 2.00 bits per heavy atom. The molecule has 1 heterocycles. The van der Waals surface area contributed by atoms with Crippen molar-refractivity contribution in [3.05, 3.63) is 45.4 Å². The van der Waals surface area contributed by atoms with Gasteiger partial charge in [0.1, 0.15) is 4.88 Å². The molecule has 1 N–H and O–H groups in total. The van der Waals surface area contributed by atoms with Crippen molar-refractivity contribution in [1.82, 2.24) is 4.98 Å². The van der Waals surface area contributed by atoms with E-state index < -0.39 is 0 Å². The largest absolute Gasteiger partial charge is 0.321 e. The van der Waals surface area contributed by atoms with Crippen molar-refractivity contribution in [2.24, 2.45) is 0 Å². The van der Waals surface area contributed by atoms with Gasteiger partial charge in [0, 0.05) is 5.69 Å². The molecule has 0 unspecified atom stereocenters. The molecule has 0 radical (unpaired) electrons. The molecule has 2 aromatic rings. The fourth-order valence-electron chi connectivity index (χ4n) is 1.48. The molecule has 0 aliphatic carbocycles. The van der Waals surface area contributed by atoms with Crippen molar-refractivity contribution < 1.29 is 4.79 Å². The molecule has 0 aliphatic heterocycles. The highest BCUT2D eigenvalue weighted by Gasteiger charge is 2.09. The van der Waals surface area contributed by atoms with E-state index in [1.54, 1.807) is 6.20 Å². The zero-order chi connectivity index (χ0) is 12.4. The molecule has 0 bridgehead atoms. The van der Waals surface area contributed by atoms with Gasteiger partial charge < -0.3 is 5.32 Å². The summed E-state index contributed by atoms with van der Waals surface area (Å²) in [5.41, 5.74) is 3.21. The summed E-state index contributed by atoms with van der Waals surface area (Å²) >= 11 is 1.40. The molecule has 0 aliphatic rings. The number of thiazole rings is 1. The summed E-state index contributed by atoms with van der Waals surface area (Å²) in [7, 11) is 0. The normalized spacial score (nSPS) is 10.3. The maximum Gasteiger partial charge on any atom is 0.267 e. The van der Waals surface area contributed by atoms with Crippen LogP contribution in [0.5, 0.6) is 0 Å². The molecule has 0 atom stereocenters. The maximum absolute atomic E-state index is 11.9. The van der Waals surface area contributed by atoms with E-state index >= 15 is 0 Å². The highest BCUT2D eigenvalue weighted by atomic mass is 32.1. The molecule has 2 rings (SSSR count). The lowest BCUT2D eigenvalue weighted by molar-refractivity contribution is 0.103. The Balaban J connectivity index is 2.15. The fourth-order valence-corrected chi connectivity index (χ4v) is 2.15. The third-order valence-electron chi connectivity index (χ3n) is 2.61. The first-order valence-corrected chi connectivity index (χ1v) is 6.19. The third-order valence-corrected chi connectivity index (χ3v) is 3.52. The minimum atomic E-state index is -0.0983. The van der Waals surface area contributed by atoms with Crippen LogP contribution in [0.1, 0.15) is 25.8 Å². The zero-order valence-corrected chi connectivity index (χ0v) is 10.9. The Morgan fingerprint density at radius 1 is 1.24 bits per heavy atom. The number of hydrogen-bond acceptors (Lipinski definition) is 3. The number of rotatable bonds is 2. The number of aromatic nitrogens is 1. The van der Waals surface area contributed by atoms with Gasteiger partial charge in [0.25, 0.3) is 5.91 Å². The number of benzene rings is 1. The predicted molar refractivity (Wildman–Crippen MR) is 70.7 cm³/mol. The first-order valence-electron chi connectivity index (χ1n) is 5.37. The van der Waals surface area contributed by atoms with Gasteiger partial charge >= 0.3 is 0 Å². The molecule has 0 saturated carbocycles. The number of carbonyl (C=O) groups excluding carboxylic acids is 1. The van der Waals surface area contributed by atoms with Crippen molar-refractivity contribution in [3.8, 4) is 0 Å². The molecule has 0 spiro atoms. The van der Waals surface area contributed by atoms with Crippen molar-refractivity contribution in [3.63, 3.8) is 0 Å². The van der Waals surface area contributed by atoms with Crippen LogP contribution in [0.15, 0.2) is 24.4 Å². The third kappa shape index (κ3) is 2.71. The van der Waals surface area contributed by atoms with Crippen LogP contribution in [0, 0.1) is 20.8 Å². The molecule has 1 aromatic heterocycles. The Bertz CT molecular complexity index is 560. The van der Waals surface area contributed by atoms with Crippen LogP contribution >= 0.6 is 11.3 Å². The fraction of sp³-hybridized carbons (Fsp3) is 0.231. The van der Waals surface area contributed by atoms with Gasteiger partial charge in [0.2, 0.25) is 0 Å². The van der Waals surface area contributed by atoms with Crippen LogP contribution < -0.4 is 5.32 Å². The number of amides is 1. The van der Waals surface area contributed by atoms with Gasteiger partial charge in [-0.15, -0.1) is 11.3 Å². The first kappa shape index (κ1) is 11.8. The monoisotopic (exact) mass is 246 g/mol. The minimum Gasteiger partial charge on any atom is -0.321 e. The smallest absolute Gasteiger partial charge is 0.267 e. The molecular weight excluding hydrogens is 232 g/mol. The average molecular weight is 246 g/mol. The lowest BCUT2D eigenvalue weighted by Gasteiger charge is -2.06. The van der Waals surface area contributed by atoms with Crippen molar-refractivity contribution >= 4 is 22.9 Å². The molecule has 1 aromatic carbocycles. The minimum absolute atomic E-state index is 0.0983. The van der Waals surface area contributed by atoms with Crippen LogP contribution in [0.2, 0.25) is 0 Å². The van der Waals surface area contributed by atoms with Gasteiger partial charge in [-0.25, -0.2) is 4.98 Å². The number of nitrogens with zero attached hydrogens (tertiary/aromatic N) is 1. The second-order valence-corrected chi connectivity index (χ2v) is 5.23. The topological polar surface area (TPSA) is 42.0 Å². The molecule has 3 nitrogen and oxygen atoms in total. The molecular formula is C13H14N2OS. The Labute approximate surface area is 105 Å². The van der Waals surface area contributed by atoms with Gasteiger partial charge in [-0.05, 0) is 44.0 Å². The summed E-state index contributed by atoms with van der Waals surface area (Å²) < 4.78 is 0. The van der Waals surface area contributed by atoms with Gasteiger partial charge in [-0.1, -0.05) is 6.07 Å². The predicted octanol–water partition coefficient (Wildman–Crippen LogP) is 3.32. The second kappa shape index (κ2) is 4.67. The Kier molecular flexibility index (Phi) is 3.24. The van der Waals surface area contributed by atoms with Crippen LogP contribution in [0.3, 0.4) is 0 Å².